The maximum atomic E-state index is 11.1. The van der Waals surface area contributed by atoms with Crippen molar-refractivity contribution in [1.29, 1.82) is 0 Å². The van der Waals surface area contributed by atoms with Crippen LogP contribution < -0.4 is 0 Å². The topological polar surface area (TPSA) is 247 Å². The number of methoxy groups -OCH3 is 2. The normalized spacial score (nSPS) is 53.7. The molecule has 17 unspecified atom stereocenters. The van der Waals surface area contributed by atoms with Crippen molar-refractivity contribution < 1.29 is 79.1 Å². The molecule has 0 amide bonds. The minimum Gasteiger partial charge on any atom is -0.394 e. The van der Waals surface area contributed by atoms with Gasteiger partial charge in [-0.15, -0.1) is 0 Å². The predicted octanol–water partition coefficient (Wildman–Crippen LogP) is -4.27. The van der Waals surface area contributed by atoms with E-state index in [1.54, 1.807) is 0 Å². The first-order chi connectivity index (χ1) is 21.0. The van der Waals surface area contributed by atoms with Gasteiger partial charge in [0.05, 0.1) is 55.9 Å². The van der Waals surface area contributed by atoms with Crippen molar-refractivity contribution in [2.45, 2.75) is 136 Å². The molecule has 2 saturated carbocycles. The summed E-state index contributed by atoms with van der Waals surface area (Å²) in [4.78, 5) is 0. The second-order valence-electron chi connectivity index (χ2n) is 12.7. The van der Waals surface area contributed by atoms with Crippen molar-refractivity contribution in [3.05, 3.63) is 0 Å². The highest BCUT2D eigenvalue weighted by Crippen LogP contribution is 2.44. The van der Waals surface area contributed by atoms with Crippen LogP contribution in [-0.2, 0) is 33.2 Å². The van der Waals surface area contributed by atoms with Crippen LogP contribution in [0.15, 0.2) is 0 Å². The molecule has 0 spiro atoms. The predicted molar refractivity (Wildman–Crippen MR) is 144 cm³/mol. The van der Waals surface area contributed by atoms with Crippen molar-refractivity contribution >= 4 is 0 Å². The van der Waals surface area contributed by atoms with Gasteiger partial charge in [-0.05, 0) is 38.0 Å². The molecule has 0 aromatic rings. The van der Waals surface area contributed by atoms with Crippen molar-refractivity contribution in [3.8, 4) is 0 Å². The Kier molecular flexibility index (Phi) is 11.5. The molecule has 9 N–H and O–H groups in total. The van der Waals surface area contributed by atoms with Gasteiger partial charge < -0.3 is 79.1 Å². The molecule has 0 radical (unpaired) electrons. The van der Waals surface area contributed by atoms with Gasteiger partial charge in [-0.3, -0.25) is 0 Å². The maximum Gasteiger partial charge on any atom is 0.187 e. The van der Waals surface area contributed by atoms with Crippen LogP contribution in [0.2, 0.25) is 0 Å². The second-order valence-corrected chi connectivity index (χ2v) is 12.7. The quantitative estimate of drug-likeness (QED) is 0.122. The average molecular weight is 641 g/mol. The Labute approximate surface area is 255 Å². The van der Waals surface area contributed by atoms with Gasteiger partial charge in [-0.25, -0.2) is 0 Å². The molecule has 0 aromatic heterocycles. The van der Waals surface area contributed by atoms with Crippen LogP contribution in [0, 0.1) is 11.8 Å². The molecule has 5 fully saturated rings. The highest BCUT2D eigenvalue weighted by atomic mass is 16.8. The van der Waals surface area contributed by atoms with Crippen LogP contribution in [0.4, 0.5) is 0 Å². The summed E-state index contributed by atoms with van der Waals surface area (Å²) in [6.07, 6.45) is -18.0. The molecule has 16 nitrogen and oxygen atoms in total. The lowest BCUT2D eigenvalue weighted by molar-refractivity contribution is -0.371. The molecule has 3 heterocycles. The number of aliphatic hydroxyl groups excluding tert-OH is 9. The Morgan fingerprint density at radius 2 is 1.32 bits per heavy atom. The smallest absolute Gasteiger partial charge is 0.187 e. The molecule has 5 aliphatic rings. The van der Waals surface area contributed by atoms with Crippen molar-refractivity contribution in [3.63, 3.8) is 0 Å². The molecule has 3 saturated heterocycles. The lowest BCUT2D eigenvalue weighted by Gasteiger charge is -2.52. The summed E-state index contributed by atoms with van der Waals surface area (Å²) in [7, 11) is 2.97. The van der Waals surface area contributed by atoms with Crippen LogP contribution >= 0.6 is 0 Å². The molecule has 0 bridgehead atoms. The standard InChI is InChI=1S/C28H48O16/c1-38-16-3-10(4-17(39-2)21(16)34)25-18(7-12-13(31)5-11(30)6-15(12)41-25)42-28-26(23(36)22(35)19(8-29)43-28)44-27-24(37)20(33)14(32)9-40-27/h10-37H,3-9H2,1-2H3. The minimum atomic E-state index is -1.71. The summed E-state index contributed by atoms with van der Waals surface area (Å²) >= 11 is 0. The largest absolute Gasteiger partial charge is 0.394 e. The SMILES string of the molecule is COC1CC(C2OC3CC(O)CC(O)C3CC2OC2OC(CO)C(O)C(O)C2OC2OCC(O)C(O)C2O)CC(OC)C1O. The third-order valence-corrected chi connectivity index (χ3v) is 9.97. The second kappa shape index (κ2) is 14.6. The number of fused-ring (bicyclic) bond motifs is 1. The molecule has 0 aromatic carbocycles. The molecule has 44 heavy (non-hydrogen) atoms. The fourth-order valence-electron chi connectivity index (χ4n) is 7.43. The Morgan fingerprint density at radius 1 is 0.636 bits per heavy atom. The summed E-state index contributed by atoms with van der Waals surface area (Å²) in [5.74, 6) is -0.708. The Bertz CT molecular complexity index is 901. The van der Waals surface area contributed by atoms with E-state index in [2.05, 4.69) is 0 Å². The van der Waals surface area contributed by atoms with E-state index in [0.29, 0.717) is 19.3 Å². The fourth-order valence-corrected chi connectivity index (χ4v) is 7.43. The van der Waals surface area contributed by atoms with Gasteiger partial charge in [0.15, 0.2) is 12.6 Å². The van der Waals surface area contributed by atoms with E-state index >= 15 is 0 Å². The van der Waals surface area contributed by atoms with Crippen molar-refractivity contribution in [2.75, 3.05) is 27.4 Å². The molecule has 3 aliphatic heterocycles. The number of rotatable bonds is 8. The number of aliphatic hydroxyl groups is 9. The van der Waals surface area contributed by atoms with E-state index in [4.69, 9.17) is 33.2 Å². The number of ether oxygens (including phenoxy) is 7. The zero-order valence-corrected chi connectivity index (χ0v) is 24.8. The first-order valence-electron chi connectivity index (χ1n) is 15.3. The van der Waals surface area contributed by atoms with Gasteiger partial charge in [-0.2, -0.15) is 0 Å². The van der Waals surface area contributed by atoms with Gasteiger partial charge in [0, 0.05) is 20.1 Å². The number of hydrogen-bond acceptors (Lipinski definition) is 16. The van der Waals surface area contributed by atoms with Gasteiger partial charge in [0.25, 0.3) is 0 Å². The van der Waals surface area contributed by atoms with E-state index in [1.807, 2.05) is 0 Å². The number of hydrogen-bond donors (Lipinski definition) is 9. The summed E-state index contributed by atoms with van der Waals surface area (Å²) in [6, 6.07) is 0. The molecule has 16 heteroatoms. The minimum absolute atomic E-state index is 0.156. The molecule has 2 aliphatic carbocycles. The zero-order chi connectivity index (χ0) is 31.9. The van der Waals surface area contributed by atoms with Crippen LogP contribution in [0.25, 0.3) is 0 Å². The van der Waals surface area contributed by atoms with E-state index in [-0.39, 0.29) is 25.4 Å². The summed E-state index contributed by atoms with van der Waals surface area (Å²) in [5.41, 5.74) is 0. The summed E-state index contributed by atoms with van der Waals surface area (Å²) < 4.78 is 41.1. The van der Waals surface area contributed by atoms with Crippen LogP contribution in [0.5, 0.6) is 0 Å². The Hall–Kier alpha value is -0.640. The van der Waals surface area contributed by atoms with Crippen molar-refractivity contribution in [1.82, 2.24) is 0 Å². The maximum absolute atomic E-state index is 11.1. The molecular weight excluding hydrogens is 592 g/mol. The van der Waals surface area contributed by atoms with Gasteiger partial charge in [-0.1, -0.05) is 0 Å². The third kappa shape index (κ3) is 6.96. The monoisotopic (exact) mass is 640 g/mol. The van der Waals surface area contributed by atoms with E-state index in [0.717, 1.165) is 0 Å². The van der Waals surface area contributed by atoms with Crippen LogP contribution in [0.3, 0.4) is 0 Å². The molecule has 256 valence electrons. The summed E-state index contributed by atoms with van der Waals surface area (Å²) in [5, 5.41) is 94.0. The van der Waals surface area contributed by atoms with E-state index in [1.165, 1.54) is 14.2 Å². The van der Waals surface area contributed by atoms with Crippen molar-refractivity contribution in [2.24, 2.45) is 11.8 Å². The Morgan fingerprint density at radius 3 is 1.95 bits per heavy atom. The molecule has 5 rings (SSSR count). The first-order valence-corrected chi connectivity index (χ1v) is 15.3. The lowest BCUT2D eigenvalue weighted by Crippen LogP contribution is -2.65. The fraction of sp³-hybridized carbons (Fsp3) is 1.00. The highest BCUT2D eigenvalue weighted by Gasteiger charge is 2.54. The average Bonchev–Trinajstić information content (AvgIpc) is 3.00. The van der Waals surface area contributed by atoms with E-state index in [9.17, 15) is 46.0 Å². The van der Waals surface area contributed by atoms with Gasteiger partial charge in [0.1, 0.15) is 48.8 Å². The van der Waals surface area contributed by atoms with E-state index < -0.39 is 117 Å². The van der Waals surface area contributed by atoms with Gasteiger partial charge in [0.2, 0.25) is 0 Å². The molecule has 17 atom stereocenters. The van der Waals surface area contributed by atoms with Crippen LogP contribution in [-0.4, -0.2) is 178 Å². The highest BCUT2D eigenvalue weighted by molar-refractivity contribution is 5.01. The van der Waals surface area contributed by atoms with Gasteiger partial charge >= 0.3 is 0 Å². The van der Waals surface area contributed by atoms with Crippen LogP contribution in [0.1, 0.15) is 32.1 Å². The first kappa shape index (κ1) is 34.7. The summed E-state index contributed by atoms with van der Waals surface area (Å²) in [6.45, 7) is -1.05. The lowest BCUT2D eigenvalue weighted by atomic mass is 9.72. The molecular formula is C28H48O16. The Balaban J connectivity index is 1.42. The zero-order valence-electron chi connectivity index (χ0n) is 24.8. The third-order valence-electron chi connectivity index (χ3n) is 9.97.